The number of rotatable bonds is 2. The summed E-state index contributed by atoms with van der Waals surface area (Å²) in [6, 6.07) is 3.70. The molecule has 0 aromatic carbocycles. The van der Waals surface area contributed by atoms with Crippen LogP contribution in [0.1, 0.15) is 59.6 Å². The van der Waals surface area contributed by atoms with Gasteiger partial charge in [0.15, 0.2) is 0 Å². The molecular weight excluding hydrogens is 228 g/mol. The summed E-state index contributed by atoms with van der Waals surface area (Å²) in [7, 11) is 1.32. The Labute approximate surface area is 107 Å². The molecule has 0 radical (unpaired) electrons. The highest BCUT2D eigenvalue weighted by atomic mass is 16.5. The molecule has 2 rings (SSSR count). The molecule has 0 N–H and O–H groups in total. The molecule has 0 aliphatic heterocycles. The molecule has 1 heterocycles. The Morgan fingerprint density at radius 2 is 2.17 bits per heavy atom. The fraction of sp³-hybridized carbons (Fsp3) is 0.500. The highest BCUT2D eigenvalue weighted by molar-refractivity contribution is 5.92. The summed E-state index contributed by atoms with van der Waals surface area (Å²) in [6.45, 7) is 0. The molecule has 0 bridgehead atoms. The second-order valence-corrected chi connectivity index (χ2v) is 4.59. The second-order valence-electron chi connectivity index (χ2n) is 4.59. The number of pyridine rings is 1. The van der Waals surface area contributed by atoms with E-state index in [-0.39, 0.29) is 5.56 Å². The normalized spacial score (nSPS) is 16.0. The van der Waals surface area contributed by atoms with Crippen LogP contribution in [0.2, 0.25) is 0 Å². The van der Waals surface area contributed by atoms with Gasteiger partial charge in [0.1, 0.15) is 6.07 Å². The van der Waals surface area contributed by atoms with E-state index < -0.39 is 5.97 Å². The number of carbonyl (C=O) groups is 1. The maximum atomic E-state index is 11.6. The first-order valence-electron chi connectivity index (χ1n) is 6.24. The standard InChI is InChI=1S/C14H16N2O2/c1-18-14(17)12-7-13(16-9-11(12)8-15)10-5-3-2-4-6-10/h7,9-10H,2-6H2,1H3. The predicted molar refractivity (Wildman–Crippen MR) is 66.1 cm³/mol. The monoisotopic (exact) mass is 244 g/mol. The van der Waals surface area contributed by atoms with Crippen molar-refractivity contribution in [2.24, 2.45) is 0 Å². The van der Waals surface area contributed by atoms with Crippen molar-refractivity contribution >= 4 is 5.97 Å². The Morgan fingerprint density at radius 3 is 2.78 bits per heavy atom. The van der Waals surface area contributed by atoms with Crippen molar-refractivity contribution in [1.29, 1.82) is 5.26 Å². The van der Waals surface area contributed by atoms with Crippen molar-refractivity contribution in [2.45, 2.75) is 38.0 Å². The number of nitriles is 1. The van der Waals surface area contributed by atoms with Crippen molar-refractivity contribution in [3.63, 3.8) is 0 Å². The van der Waals surface area contributed by atoms with Gasteiger partial charge in [-0.05, 0) is 18.9 Å². The summed E-state index contributed by atoms with van der Waals surface area (Å²) in [5.41, 5.74) is 1.52. The number of hydrogen-bond acceptors (Lipinski definition) is 4. The first-order valence-corrected chi connectivity index (χ1v) is 6.24. The molecule has 1 aromatic rings. The molecule has 18 heavy (non-hydrogen) atoms. The van der Waals surface area contributed by atoms with Gasteiger partial charge in [0.05, 0.1) is 18.2 Å². The first-order chi connectivity index (χ1) is 8.76. The molecule has 1 aromatic heterocycles. The van der Waals surface area contributed by atoms with Crippen LogP contribution in [0.4, 0.5) is 0 Å². The molecule has 94 valence electrons. The maximum absolute atomic E-state index is 11.6. The zero-order valence-corrected chi connectivity index (χ0v) is 10.5. The molecule has 0 saturated heterocycles. The van der Waals surface area contributed by atoms with Crippen molar-refractivity contribution in [1.82, 2.24) is 4.98 Å². The number of methoxy groups -OCH3 is 1. The minimum Gasteiger partial charge on any atom is -0.465 e. The van der Waals surface area contributed by atoms with E-state index in [9.17, 15) is 4.79 Å². The summed E-state index contributed by atoms with van der Waals surface area (Å²) >= 11 is 0. The third-order valence-corrected chi connectivity index (χ3v) is 3.47. The average Bonchev–Trinajstić information content (AvgIpc) is 2.46. The molecule has 1 aliphatic carbocycles. The van der Waals surface area contributed by atoms with Gasteiger partial charge in [0.25, 0.3) is 0 Å². The van der Waals surface area contributed by atoms with Gasteiger partial charge in [-0.1, -0.05) is 19.3 Å². The van der Waals surface area contributed by atoms with Crippen molar-refractivity contribution in [3.8, 4) is 6.07 Å². The molecule has 0 amide bonds. The van der Waals surface area contributed by atoms with E-state index in [0.29, 0.717) is 11.5 Å². The topological polar surface area (TPSA) is 63.0 Å². The smallest absolute Gasteiger partial charge is 0.339 e. The van der Waals surface area contributed by atoms with Gasteiger partial charge < -0.3 is 4.74 Å². The summed E-state index contributed by atoms with van der Waals surface area (Å²) in [4.78, 5) is 15.9. The van der Waals surface area contributed by atoms with E-state index in [1.165, 1.54) is 32.6 Å². The minimum absolute atomic E-state index is 0.279. The van der Waals surface area contributed by atoms with Crippen LogP contribution in [-0.2, 0) is 4.74 Å². The highest BCUT2D eigenvalue weighted by Gasteiger charge is 2.20. The molecule has 1 fully saturated rings. The van der Waals surface area contributed by atoms with Crippen LogP contribution in [0.25, 0.3) is 0 Å². The number of ether oxygens (including phenoxy) is 1. The number of esters is 1. The zero-order chi connectivity index (χ0) is 13.0. The van der Waals surface area contributed by atoms with E-state index >= 15 is 0 Å². The molecular formula is C14H16N2O2. The van der Waals surface area contributed by atoms with Crippen LogP contribution in [0, 0.1) is 11.3 Å². The lowest BCUT2D eigenvalue weighted by Crippen LogP contribution is -2.11. The average molecular weight is 244 g/mol. The van der Waals surface area contributed by atoms with E-state index in [2.05, 4.69) is 4.98 Å². The molecule has 0 spiro atoms. The summed E-state index contributed by atoms with van der Waals surface area (Å²) in [5, 5.41) is 8.97. The van der Waals surface area contributed by atoms with Crippen molar-refractivity contribution < 1.29 is 9.53 Å². The molecule has 0 unspecified atom stereocenters. The first kappa shape index (κ1) is 12.6. The zero-order valence-electron chi connectivity index (χ0n) is 10.5. The largest absolute Gasteiger partial charge is 0.465 e. The van der Waals surface area contributed by atoms with E-state index in [0.717, 1.165) is 18.5 Å². The van der Waals surface area contributed by atoms with Gasteiger partial charge >= 0.3 is 5.97 Å². The summed E-state index contributed by atoms with van der Waals surface area (Å²) in [6.07, 6.45) is 7.39. The van der Waals surface area contributed by atoms with Crippen LogP contribution < -0.4 is 0 Å². The Balaban J connectivity index is 2.33. The summed E-state index contributed by atoms with van der Waals surface area (Å²) in [5.74, 6) is -0.0547. The minimum atomic E-state index is -0.467. The molecule has 1 saturated carbocycles. The fourth-order valence-electron chi connectivity index (χ4n) is 2.46. The van der Waals surface area contributed by atoms with Gasteiger partial charge in [0, 0.05) is 17.8 Å². The lowest BCUT2D eigenvalue weighted by atomic mass is 9.86. The lowest BCUT2D eigenvalue weighted by Gasteiger charge is -2.21. The van der Waals surface area contributed by atoms with Crippen LogP contribution in [0.15, 0.2) is 12.3 Å². The van der Waals surface area contributed by atoms with Crippen LogP contribution in [0.3, 0.4) is 0 Å². The molecule has 4 heteroatoms. The van der Waals surface area contributed by atoms with Gasteiger partial charge in [0.2, 0.25) is 0 Å². The Kier molecular flexibility index (Phi) is 3.93. The molecule has 4 nitrogen and oxygen atoms in total. The van der Waals surface area contributed by atoms with Gasteiger partial charge in [-0.25, -0.2) is 4.79 Å². The van der Waals surface area contributed by atoms with E-state index in [1.54, 1.807) is 6.07 Å². The number of hydrogen-bond donors (Lipinski definition) is 0. The van der Waals surface area contributed by atoms with E-state index in [1.807, 2.05) is 6.07 Å². The number of carbonyl (C=O) groups excluding carboxylic acids is 1. The van der Waals surface area contributed by atoms with Gasteiger partial charge in [-0.2, -0.15) is 5.26 Å². The predicted octanol–water partition coefficient (Wildman–Crippen LogP) is 2.79. The van der Waals surface area contributed by atoms with Gasteiger partial charge in [-0.3, -0.25) is 4.98 Å². The third kappa shape index (κ3) is 2.51. The SMILES string of the molecule is COC(=O)c1cc(C2CCCCC2)ncc1C#N. The van der Waals surface area contributed by atoms with Crippen LogP contribution in [0.5, 0.6) is 0 Å². The number of aromatic nitrogens is 1. The molecule has 1 aliphatic rings. The van der Waals surface area contributed by atoms with Crippen LogP contribution in [-0.4, -0.2) is 18.1 Å². The van der Waals surface area contributed by atoms with Crippen LogP contribution >= 0.6 is 0 Å². The Hall–Kier alpha value is -1.89. The second kappa shape index (κ2) is 5.63. The maximum Gasteiger partial charge on any atom is 0.339 e. The Bertz CT molecular complexity index is 485. The number of nitrogens with zero attached hydrogens (tertiary/aromatic N) is 2. The fourth-order valence-corrected chi connectivity index (χ4v) is 2.46. The quantitative estimate of drug-likeness (QED) is 0.750. The van der Waals surface area contributed by atoms with Gasteiger partial charge in [-0.15, -0.1) is 0 Å². The van der Waals surface area contributed by atoms with Crippen molar-refractivity contribution in [3.05, 3.63) is 29.1 Å². The summed E-state index contributed by atoms with van der Waals surface area (Å²) < 4.78 is 4.70. The van der Waals surface area contributed by atoms with Crippen molar-refractivity contribution in [2.75, 3.05) is 7.11 Å². The highest BCUT2D eigenvalue weighted by Crippen LogP contribution is 2.32. The lowest BCUT2D eigenvalue weighted by molar-refractivity contribution is 0.0600. The third-order valence-electron chi connectivity index (χ3n) is 3.47. The van der Waals surface area contributed by atoms with E-state index in [4.69, 9.17) is 10.00 Å². The Morgan fingerprint density at radius 1 is 1.44 bits per heavy atom. The molecule has 0 atom stereocenters.